The highest BCUT2D eigenvalue weighted by molar-refractivity contribution is 6.10. The van der Waals surface area contributed by atoms with Crippen LogP contribution in [-0.4, -0.2) is 21.9 Å². The van der Waals surface area contributed by atoms with E-state index in [4.69, 9.17) is 4.99 Å². The van der Waals surface area contributed by atoms with Crippen molar-refractivity contribution >= 4 is 23.8 Å². The molecule has 2 aromatic carbocycles. The van der Waals surface area contributed by atoms with Crippen LogP contribution in [0.1, 0.15) is 25.3 Å². The first-order valence-corrected chi connectivity index (χ1v) is 9.09. The standard InChI is InChI=1S/C22H21N4O/c1-2-9-20-21(18-10-5-3-6-11-18)24-17-26(20,19-12-7-4-8-13-19)22(27)25-15-14-23-16-25/h3-8,10-17H,2,9H2,1H3/q+1. The minimum absolute atomic E-state index is 0.0464. The second-order valence-corrected chi connectivity index (χ2v) is 6.47. The van der Waals surface area contributed by atoms with Crippen molar-refractivity contribution in [3.8, 4) is 0 Å². The second kappa shape index (κ2) is 7.13. The van der Waals surface area contributed by atoms with Crippen molar-refractivity contribution in [2.75, 3.05) is 0 Å². The number of rotatable bonds is 4. The summed E-state index contributed by atoms with van der Waals surface area (Å²) in [5, 5.41) is 0. The number of hydrogen-bond acceptors (Lipinski definition) is 3. The fourth-order valence-corrected chi connectivity index (χ4v) is 3.54. The lowest BCUT2D eigenvalue weighted by molar-refractivity contribution is 0.229. The average Bonchev–Trinajstić information content (AvgIpc) is 3.38. The molecule has 1 aliphatic rings. The molecule has 0 radical (unpaired) electrons. The number of carbonyl (C=O) groups excluding carboxylic acids is 1. The molecule has 1 aliphatic heterocycles. The number of para-hydroxylation sites is 1. The average molecular weight is 357 g/mol. The molecule has 0 bridgehead atoms. The van der Waals surface area contributed by atoms with Crippen LogP contribution < -0.4 is 4.48 Å². The molecule has 134 valence electrons. The van der Waals surface area contributed by atoms with E-state index in [0.29, 0.717) is 0 Å². The summed E-state index contributed by atoms with van der Waals surface area (Å²) in [5.74, 6) is 0. The Morgan fingerprint density at radius 1 is 1.04 bits per heavy atom. The van der Waals surface area contributed by atoms with Crippen LogP contribution in [0.2, 0.25) is 0 Å². The summed E-state index contributed by atoms with van der Waals surface area (Å²) in [7, 11) is 0. The lowest BCUT2D eigenvalue weighted by atomic mass is 10.1. The number of amides is 1. The molecule has 5 nitrogen and oxygen atoms in total. The van der Waals surface area contributed by atoms with Gasteiger partial charge in [-0.3, -0.25) is 0 Å². The molecule has 2 heterocycles. The van der Waals surface area contributed by atoms with Gasteiger partial charge in [0.15, 0.2) is 11.4 Å². The molecule has 1 unspecified atom stereocenters. The number of carbonyl (C=O) groups is 1. The van der Waals surface area contributed by atoms with Gasteiger partial charge in [0.05, 0.1) is 0 Å². The second-order valence-electron chi connectivity index (χ2n) is 6.47. The molecule has 0 fully saturated rings. The van der Waals surface area contributed by atoms with Crippen molar-refractivity contribution in [3.05, 3.63) is 90.6 Å². The van der Waals surface area contributed by atoms with Crippen molar-refractivity contribution in [2.24, 2.45) is 4.99 Å². The van der Waals surface area contributed by atoms with E-state index in [1.54, 1.807) is 25.1 Å². The zero-order chi connectivity index (χ0) is 18.7. The van der Waals surface area contributed by atoms with Crippen molar-refractivity contribution in [1.82, 2.24) is 14.0 Å². The number of aliphatic imine (C=N–C) groups is 1. The molecule has 0 aliphatic carbocycles. The summed E-state index contributed by atoms with van der Waals surface area (Å²) in [4.78, 5) is 22.5. The Labute approximate surface area is 158 Å². The Bertz CT molecular complexity index is 991. The predicted molar refractivity (Wildman–Crippen MR) is 108 cm³/mol. The first-order valence-electron chi connectivity index (χ1n) is 9.09. The summed E-state index contributed by atoms with van der Waals surface area (Å²) in [6.07, 6.45) is 8.28. The molecular formula is C22H21N4O+. The topological polar surface area (TPSA) is 47.2 Å². The molecule has 1 amide bonds. The third-order valence-corrected chi connectivity index (χ3v) is 4.78. The molecule has 4 rings (SSSR count). The fourth-order valence-electron chi connectivity index (χ4n) is 3.54. The van der Waals surface area contributed by atoms with Gasteiger partial charge in [-0.25, -0.2) is 14.3 Å². The van der Waals surface area contributed by atoms with E-state index in [0.717, 1.165) is 35.5 Å². The van der Waals surface area contributed by atoms with Gasteiger partial charge in [0.25, 0.3) is 0 Å². The highest BCUT2D eigenvalue weighted by Gasteiger charge is 2.48. The Balaban J connectivity index is 1.97. The van der Waals surface area contributed by atoms with Gasteiger partial charge >= 0.3 is 6.03 Å². The maximum atomic E-state index is 13.7. The van der Waals surface area contributed by atoms with E-state index in [1.807, 2.05) is 60.7 Å². The van der Waals surface area contributed by atoms with E-state index in [1.165, 1.54) is 4.57 Å². The smallest absolute Gasteiger partial charge is 0.245 e. The zero-order valence-corrected chi connectivity index (χ0v) is 15.2. The maximum absolute atomic E-state index is 13.7. The number of quaternary nitrogens is 1. The number of nitrogens with zero attached hydrogens (tertiary/aromatic N) is 4. The Morgan fingerprint density at radius 3 is 2.37 bits per heavy atom. The van der Waals surface area contributed by atoms with Crippen molar-refractivity contribution in [1.29, 1.82) is 0 Å². The number of hydrogen-bond donors (Lipinski definition) is 0. The molecule has 0 saturated carbocycles. The maximum Gasteiger partial charge on any atom is 0.444 e. The quantitative estimate of drug-likeness (QED) is 0.612. The van der Waals surface area contributed by atoms with Crippen LogP contribution in [0.3, 0.4) is 0 Å². The highest BCUT2D eigenvalue weighted by atomic mass is 16.2. The van der Waals surface area contributed by atoms with E-state index in [9.17, 15) is 4.79 Å². The lowest BCUT2D eigenvalue weighted by Crippen LogP contribution is -2.52. The Kier molecular flexibility index (Phi) is 4.52. The largest absolute Gasteiger partial charge is 0.444 e. The summed E-state index contributed by atoms with van der Waals surface area (Å²) in [6.45, 7) is 2.12. The summed E-state index contributed by atoms with van der Waals surface area (Å²) in [6, 6.07) is 19.7. The van der Waals surface area contributed by atoms with Gasteiger partial charge < -0.3 is 0 Å². The van der Waals surface area contributed by atoms with Crippen LogP contribution in [-0.2, 0) is 0 Å². The van der Waals surface area contributed by atoms with Crippen molar-refractivity contribution < 1.29 is 4.79 Å². The van der Waals surface area contributed by atoms with E-state index in [-0.39, 0.29) is 10.5 Å². The number of imidazole rings is 1. The minimum Gasteiger partial charge on any atom is -0.245 e. The number of aromatic nitrogens is 2. The Hall–Kier alpha value is -3.31. The molecule has 0 N–H and O–H groups in total. The van der Waals surface area contributed by atoms with Gasteiger partial charge in [-0.1, -0.05) is 55.5 Å². The number of allylic oxidation sites excluding steroid dienone is 1. The molecule has 5 heteroatoms. The highest BCUT2D eigenvalue weighted by Crippen LogP contribution is 2.40. The number of benzene rings is 2. The first-order chi connectivity index (χ1) is 13.3. The van der Waals surface area contributed by atoms with Gasteiger partial charge in [0.1, 0.15) is 12.0 Å². The van der Waals surface area contributed by atoms with Gasteiger partial charge in [0.2, 0.25) is 6.34 Å². The van der Waals surface area contributed by atoms with Gasteiger partial charge in [0, 0.05) is 36.5 Å². The molecular weight excluding hydrogens is 336 g/mol. The molecule has 27 heavy (non-hydrogen) atoms. The molecule has 1 aromatic heterocycles. The van der Waals surface area contributed by atoms with Crippen molar-refractivity contribution in [3.63, 3.8) is 0 Å². The van der Waals surface area contributed by atoms with Crippen LogP contribution in [0, 0.1) is 0 Å². The van der Waals surface area contributed by atoms with E-state index < -0.39 is 0 Å². The molecule has 0 spiro atoms. The van der Waals surface area contributed by atoms with Gasteiger partial charge in [-0.2, -0.15) is 4.99 Å². The van der Waals surface area contributed by atoms with Gasteiger partial charge in [-0.05, 0) is 6.42 Å². The minimum atomic E-state index is -0.114. The van der Waals surface area contributed by atoms with Gasteiger partial charge in [-0.15, -0.1) is 4.48 Å². The molecule has 3 aromatic rings. The summed E-state index contributed by atoms with van der Waals surface area (Å²) in [5.41, 5.74) is 3.74. The van der Waals surface area contributed by atoms with Crippen LogP contribution >= 0.6 is 0 Å². The SMILES string of the molecule is CCCC1=C(c2ccccc2)N=C[N+]1(C(=O)n1ccnc1)c1ccccc1. The molecule has 0 saturated heterocycles. The van der Waals surface area contributed by atoms with Crippen LogP contribution in [0.15, 0.2) is 90.1 Å². The van der Waals surface area contributed by atoms with Crippen molar-refractivity contribution in [2.45, 2.75) is 19.8 Å². The van der Waals surface area contributed by atoms with E-state index in [2.05, 4.69) is 11.9 Å². The normalized spacial score (nSPS) is 18.9. The third-order valence-electron chi connectivity index (χ3n) is 4.78. The fraction of sp³-hybridized carbons (Fsp3) is 0.136. The van der Waals surface area contributed by atoms with E-state index >= 15 is 0 Å². The predicted octanol–water partition coefficient (Wildman–Crippen LogP) is 5.07. The lowest BCUT2D eigenvalue weighted by Gasteiger charge is -2.29. The molecule has 1 atom stereocenters. The first kappa shape index (κ1) is 17.1. The van der Waals surface area contributed by atoms with Crippen LogP contribution in [0.25, 0.3) is 5.70 Å². The summed E-state index contributed by atoms with van der Waals surface area (Å²) < 4.78 is 1.48. The van der Waals surface area contributed by atoms with Crippen LogP contribution in [0.5, 0.6) is 0 Å². The Morgan fingerprint density at radius 2 is 1.74 bits per heavy atom. The monoisotopic (exact) mass is 357 g/mol. The summed E-state index contributed by atoms with van der Waals surface area (Å²) >= 11 is 0. The third kappa shape index (κ3) is 2.82. The zero-order valence-electron chi connectivity index (χ0n) is 15.2. The van der Waals surface area contributed by atoms with Crippen LogP contribution in [0.4, 0.5) is 10.5 Å².